The maximum absolute atomic E-state index is 12.0. The number of carbonyl (C=O) groups is 1. The van der Waals surface area contributed by atoms with Crippen molar-refractivity contribution in [1.29, 1.82) is 0 Å². The largest absolute Gasteiger partial charge is 0.872 e. The van der Waals surface area contributed by atoms with Crippen LogP contribution in [0.15, 0.2) is 23.1 Å². The summed E-state index contributed by atoms with van der Waals surface area (Å²) in [5.74, 6) is -2.16. The van der Waals surface area contributed by atoms with Crippen LogP contribution < -0.4 is 14.7 Å². The molecule has 0 unspecified atom stereocenters. The number of aromatic carboxylic acids is 1. The maximum atomic E-state index is 12.0. The Kier molecular flexibility index (Phi) is 5.49. The molecule has 20 heavy (non-hydrogen) atoms. The summed E-state index contributed by atoms with van der Waals surface area (Å²) in [6.07, 6.45) is 0.660. The minimum atomic E-state index is -3.79. The molecule has 0 atom stereocenters. The number of hydrogen-bond acceptors (Lipinski definition) is 4. The summed E-state index contributed by atoms with van der Waals surface area (Å²) in [7, 11) is 0.125. The first kappa shape index (κ1) is 16.4. The van der Waals surface area contributed by atoms with Crippen molar-refractivity contribution >= 4 is 16.0 Å². The number of carboxylic acid groups (broad SMARTS) is 1. The average molecular weight is 302 g/mol. The fourth-order valence-corrected chi connectivity index (χ4v) is 2.68. The summed E-state index contributed by atoms with van der Waals surface area (Å²) in [5.41, 5.74) is -0.550. The Balaban J connectivity index is 2.82. The highest BCUT2D eigenvalue weighted by atomic mass is 32.2. The SMILES string of the molecule is C[NH+](C)CCCNS(=O)(=O)c1ccc([O-])c(C(=O)O)c1. The molecule has 0 saturated carbocycles. The van der Waals surface area contributed by atoms with Gasteiger partial charge in [-0.25, -0.2) is 17.9 Å². The highest BCUT2D eigenvalue weighted by Crippen LogP contribution is 2.18. The topological polar surface area (TPSA) is 111 Å². The molecule has 0 aliphatic carbocycles. The molecule has 0 aliphatic rings. The predicted molar refractivity (Wildman–Crippen MR) is 70.3 cm³/mol. The van der Waals surface area contributed by atoms with Gasteiger partial charge in [-0.05, 0) is 12.1 Å². The van der Waals surface area contributed by atoms with Gasteiger partial charge < -0.3 is 15.1 Å². The zero-order valence-electron chi connectivity index (χ0n) is 11.3. The van der Waals surface area contributed by atoms with Crippen molar-refractivity contribution in [3.63, 3.8) is 0 Å². The Morgan fingerprint density at radius 2 is 2.05 bits per heavy atom. The lowest BCUT2D eigenvalue weighted by Gasteiger charge is -2.13. The van der Waals surface area contributed by atoms with E-state index in [2.05, 4.69) is 4.72 Å². The molecule has 0 heterocycles. The zero-order valence-corrected chi connectivity index (χ0v) is 12.2. The summed E-state index contributed by atoms with van der Waals surface area (Å²) in [4.78, 5) is 11.8. The van der Waals surface area contributed by atoms with E-state index in [9.17, 15) is 18.3 Å². The van der Waals surface area contributed by atoms with Gasteiger partial charge in [-0.15, -0.1) is 0 Å². The van der Waals surface area contributed by atoms with Crippen LogP contribution in [0.2, 0.25) is 0 Å². The quantitative estimate of drug-likeness (QED) is 0.518. The van der Waals surface area contributed by atoms with Crippen molar-refractivity contribution in [2.24, 2.45) is 0 Å². The van der Waals surface area contributed by atoms with E-state index in [0.29, 0.717) is 6.42 Å². The standard InChI is InChI=1S/C12H18N2O5S/c1-14(2)7-3-6-13-20(18,19)9-4-5-11(15)10(8-9)12(16)17/h4-5,8,13,15H,3,6-7H2,1-2H3,(H,16,17). The summed E-state index contributed by atoms with van der Waals surface area (Å²) in [6.45, 7) is 1.07. The summed E-state index contributed by atoms with van der Waals surface area (Å²) >= 11 is 0. The molecule has 0 fully saturated rings. The summed E-state index contributed by atoms with van der Waals surface area (Å²) in [6, 6.07) is 2.93. The summed E-state index contributed by atoms with van der Waals surface area (Å²) in [5, 5.41) is 20.1. The number of nitrogens with one attached hydrogen (secondary N) is 2. The van der Waals surface area contributed by atoms with E-state index < -0.39 is 27.3 Å². The van der Waals surface area contributed by atoms with Gasteiger partial charge in [-0.3, -0.25) is 0 Å². The minimum absolute atomic E-state index is 0.216. The minimum Gasteiger partial charge on any atom is -0.872 e. The van der Waals surface area contributed by atoms with Gasteiger partial charge >= 0.3 is 5.97 Å². The van der Waals surface area contributed by atoms with E-state index in [1.807, 2.05) is 14.1 Å². The molecule has 3 N–H and O–H groups in total. The first-order chi connectivity index (χ1) is 9.24. The molecule has 0 aliphatic heterocycles. The number of sulfonamides is 1. The molecule has 0 spiro atoms. The van der Waals surface area contributed by atoms with Gasteiger partial charge in [0, 0.05) is 13.0 Å². The molecule has 8 heteroatoms. The fourth-order valence-electron chi connectivity index (χ4n) is 1.58. The summed E-state index contributed by atoms with van der Waals surface area (Å²) < 4.78 is 26.3. The lowest BCUT2D eigenvalue weighted by molar-refractivity contribution is -0.858. The van der Waals surface area contributed by atoms with Crippen molar-refractivity contribution in [3.05, 3.63) is 23.8 Å². The predicted octanol–water partition coefficient (Wildman–Crippen LogP) is -1.73. The Bertz CT molecular complexity index is 584. The van der Waals surface area contributed by atoms with Gasteiger partial charge in [0.15, 0.2) is 0 Å². The van der Waals surface area contributed by atoms with E-state index >= 15 is 0 Å². The highest BCUT2D eigenvalue weighted by Gasteiger charge is 2.16. The molecule has 0 radical (unpaired) electrons. The van der Waals surface area contributed by atoms with Crippen LogP contribution in [-0.2, 0) is 10.0 Å². The Labute approximate surface area is 117 Å². The molecule has 112 valence electrons. The van der Waals surface area contributed by atoms with Crippen LogP contribution in [0.4, 0.5) is 0 Å². The van der Waals surface area contributed by atoms with Crippen LogP contribution in [0.5, 0.6) is 5.75 Å². The molecule has 7 nitrogen and oxygen atoms in total. The van der Waals surface area contributed by atoms with Gasteiger partial charge in [-0.2, -0.15) is 0 Å². The Hall–Kier alpha value is -1.64. The average Bonchev–Trinajstić information content (AvgIpc) is 2.34. The smallest absolute Gasteiger partial charge is 0.335 e. The van der Waals surface area contributed by atoms with Crippen LogP contribution in [0, 0.1) is 0 Å². The molecule has 1 aromatic carbocycles. The van der Waals surface area contributed by atoms with Gasteiger partial charge in [0.25, 0.3) is 0 Å². The second-order valence-electron chi connectivity index (χ2n) is 4.67. The van der Waals surface area contributed by atoms with Crippen molar-refractivity contribution < 1.29 is 28.3 Å². The van der Waals surface area contributed by atoms with Crippen molar-refractivity contribution in [2.75, 3.05) is 27.2 Å². The molecule has 1 rings (SSSR count). The van der Waals surface area contributed by atoms with E-state index in [0.717, 1.165) is 24.7 Å². The highest BCUT2D eigenvalue weighted by molar-refractivity contribution is 7.89. The van der Waals surface area contributed by atoms with Crippen LogP contribution in [0.3, 0.4) is 0 Å². The van der Waals surface area contributed by atoms with Crippen molar-refractivity contribution in [3.8, 4) is 5.75 Å². The van der Waals surface area contributed by atoms with Gasteiger partial charge in [0.2, 0.25) is 10.0 Å². The lowest BCUT2D eigenvalue weighted by atomic mass is 10.2. The molecule has 0 bridgehead atoms. The lowest BCUT2D eigenvalue weighted by Crippen LogP contribution is -3.05. The number of rotatable bonds is 7. The molecular formula is C12H18N2O5S. The van der Waals surface area contributed by atoms with E-state index in [1.165, 1.54) is 4.90 Å². The van der Waals surface area contributed by atoms with Crippen LogP contribution in [0.25, 0.3) is 0 Å². The van der Waals surface area contributed by atoms with E-state index in [1.54, 1.807) is 0 Å². The number of hydrogen-bond donors (Lipinski definition) is 3. The van der Waals surface area contributed by atoms with Crippen molar-refractivity contribution in [1.82, 2.24) is 4.72 Å². The molecule has 0 amide bonds. The van der Waals surface area contributed by atoms with E-state index in [-0.39, 0.29) is 11.4 Å². The first-order valence-corrected chi connectivity index (χ1v) is 7.55. The normalized spacial score (nSPS) is 11.8. The van der Waals surface area contributed by atoms with Crippen LogP contribution in [-0.4, -0.2) is 46.7 Å². The molecular weight excluding hydrogens is 284 g/mol. The van der Waals surface area contributed by atoms with Crippen LogP contribution >= 0.6 is 0 Å². The second-order valence-corrected chi connectivity index (χ2v) is 6.44. The molecule has 0 aromatic heterocycles. The fraction of sp³-hybridized carbons (Fsp3) is 0.417. The zero-order chi connectivity index (χ0) is 15.3. The molecule has 1 aromatic rings. The first-order valence-electron chi connectivity index (χ1n) is 6.07. The number of carboxylic acids is 1. The van der Waals surface area contributed by atoms with Gasteiger partial charge in [0.05, 0.1) is 31.1 Å². The van der Waals surface area contributed by atoms with Gasteiger partial charge in [0.1, 0.15) is 0 Å². The molecule has 0 saturated heterocycles. The van der Waals surface area contributed by atoms with Gasteiger partial charge in [-0.1, -0.05) is 11.8 Å². The van der Waals surface area contributed by atoms with Crippen molar-refractivity contribution in [2.45, 2.75) is 11.3 Å². The number of benzene rings is 1. The number of quaternary nitrogens is 1. The third-order valence-corrected chi connectivity index (χ3v) is 4.10. The second kappa shape index (κ2) is 6.69. The Morgan fingerprint density at radius 1 is 1.40 bits per heavy atom. The Morgan fingerprint density at radius 3 is 2.60 bits per heavy atom. The monoisotopic (exact) mass is 302 g/mol. The third-order valence-electron chi connectivity index (χ3n) is 2.64. The third kappa shape index (κ3) is 4.48. The van der Waals surface area contributed by atoms with Crippen LogP contribution in [0.1, 0.15) is 16.8 Å². The maximum Gasteiger partial charge on any atom is 0.335 e. The van der Waals surface area contributed by atoms with E-state index in [4.69, 9.17) is 5.11 Å².